The fraction of sp³-hybridized carbons (Fsp3) is 0.286. The van der Waals surface area contributed by atoms with Crippen LogP contribution in [0, 0.1) is 0 Å². The Hall–Kier alpha value is -1.72. The summed E-state index contributed by atoms with van der Waals surface area (Å²) in [5.74, 6) is 0.0813. The van der Waals surface area contributed by atoms with Crippen LogP contribution in [0.25, 0.3) is 0 Å². The molecule has 1 aromatic carbocycles. The molecular weight excluding hydrogens is 258 g/mol. The quantitative estimate of drug-likeness (QED) is 0.909. The van der Waals surface area contributed by atoms with E-state index in [1.807, 2.05) is 23.1 Å². The number of nitrogens with one attached hydrogen (secondary N) is 1. The Morgan fingerprint density at radius 3 is 2.95 bits per heavy atom. The second-order valence-electron chi connectivity index (χ2n) is 4.49. The Balaban J connectivity index is 1.87. The van der Waals surface area contributed by atoms with Crippen molar-refractivity contribution in [2.75, 3.05) is 19.6 Å². The average Bonchev–Trinajstić information content (AvgIpc) is 3.02. The molecule has 2 heterocycles. The van der Waals surface area contributed by atoms with Gasteiger partial charge in [0.25, 0.3) is 5.91 Å². The molecule has 1 aromatic heterocycles. The van der Waals surface area contributed by atoms with Gasteiger partial charge in [-0.3, -0.25) is 9.78 Å². The first-order valence-corrected chi connectivity index (χ1v) is 7.19. The van der Waals surface area contributed by atoms with Crippen LogP contribution < -0.4 is 5.32 Å². The van der Waals surface area contributed by atoms with E-state index >= 15 is 0 Å². The zero-order valence-corrected chi connectivity index (χ0v) is 11.3. The molecule has 0 radical (unpaired) electrons. The average molecular weight is 273 g/mol. The summed E-state index contributed by atoms with van der Waals surface area (Å²) in [4.78, 5) is 19.2. The normalized spacial score (nSPS) is 19.4. The zero-order valence-electron chi connectivity index (χ0n) is 10.5. The van der Waals surface area contributed by atoms with Crippen molar-refractivity contribution in [1.82, 2.24) is 15.2 Å². The Bertz CT molecular complexity index is 541. The second-order valence-corrected chi connectivity index (χ2v) is 5.38. The standard InChI is InChI=1S/C14H15N3OS/c18-14(13-9-16-10-19-13)17-7-6-15-8-12(17)11-4-2-1-3-5-11/h1-5,9-10,12,15H,6-8H2. The number of thiazole rings is 1. The molecule has 1 unspecified atom stereocenters. The lowest BCUT2D eigenvalue weighted by Gasteiger charge is -2.36. The van der Waals surface area contributed by atoms with Gasteiger partial charge in [0.15, 0.2) is 0 Å². The van der Waals surface area contributed by atoms with Crippen LogP contribution in [0.4, 0.5) is 0 Å². The van der Waals surface area contributed by atoms with Crippen molar-refractivity contribution in [1.29, 1.82) is 0 Å². The number of carbonyl (C=O) groups is 1. The summed E-state index contributed by atoms with van der Waals surface area (Å²) in [7, 11) is 0. The van der Waals surface area contributed by atoms with Crippen LogP contribution in [0.1, 0.15) is 21.3 Å². The number of rotatable bonds is 2. The molecule has 5 heteroatoms. The van der Waals surface area contributed by atoms with Gasteiger partial charge in [0.05, 0.1) is 17.7 Å². The summed E-state index contributed by atoms with van der Waals surface area (Å²) in [5, 5.41) is 3.36. The van der Waals surface area contributed by atoms with Crippen molar-refractivity contribution >= 4 is 17.2 Å². The Morgan fingerprint density at radius 2 is 2.21 bits per heavy atom. The molecule has 19 heavy (non-hydrogen) atoms. The van der Waals surface area contributed by atoms with Gasteiger partial charge in [-0.2, -0.15) is 0 Å². The number of carbonyl (C=O) groups excluding carboxylic acids is 1. The van der Waals surface area contributed by atoms with E-state index in [9.17, 15) is 4.79 Å². The Kier molecular flexibility index (Phi) is 3.57. The van der Waals surface area contributed by atoms with Gasteiger partial charge >= 0.3 is 0 Å². The molecule has 1 aliphatic rings. The van der Waals surface area contributed by atoms with Gasteiger partial charge in [0, 0.05) is 19.6 Å². The number of amides is 1. The van der Waals surface area contributed by atoms with Gasteiger partial charge in [-0.15, -0.1) is 11.3 Å². The van der Waals surface area contributed by atoms with E-state index < -0.39 is 0 Å². The molecule has 0 bridgehead atoms. The summed E-state index contributed by atoms with van der Waals surface area (Å²) in [6.07, 6.45) is 1.65. The van der Waals surface area contributed by atoms with Gasteiger partial charge in [0.2, 0.25) is 0 Å². The largest absolute Gasteiger partial charge is 0.328 e. The first-order valence-electron chi connectivity index (χ1n) is 6.31. The van der Waals surface area contributed by atoms with Gasteiger partial charge < -0.3 is 10.2 Å². The maximum Gasteiger partial charge on any atom is 0.266 e. The van der Waals surface area contributed by atoms with Crippen molar-refractivity contribution in [2.45, 2.75) is 6.04 Å². The molecule has 1 amide bonds. The zero-order chi connectivity index (χ0) is 13.1. The molecule has 0 spiro atoms. The molecule has 1 aliphatic heterocycles. The van der Waals surface area contributed by atoms with Crippen LogP contribution in [0.2, 0.25) is 0 Å². The highest BCUT2D eigenvalue weighted by molar-refractivity contribution is 7.11. The van der Waals surface area contributed by atoms with Crippen LogP contribution in [-0.2, 0) is 0 Å². The van der Waals surface area contributed by atoms with E-state index in [1.165, 1.54) is 16.9 Å². The molecule has 1 fully saturated rings. The SMILES string of the molecule is O=C(c1cncs1)N1CCNCC1c1ccccc1. The van der Waals surface area contributed by atoms with Crippen LogP contribution in [-0.4, -0.2) is 35.4 Å². The van der Waals surface area contributed by atoms with Gasteiger partial charge in [-0.1, -0.05) is 30.3 Å². The molecule has 2 aromatic rings. The van der Waals surface area contributed by atoms with Gasteiger partial charge in [-0.25, -0.2) is 0 Å². The number of hydrogen-bond acceptors (Lipinski definition) is 4. The molecule has 3 rings (SSSR count). The maximum absolute atomic E-state index is 12.5. The Labute approximate surface area is 116 Å². The summed E-state index contributed by atoms with van der Waals surface area (Å²) in [6.45, 7) is 2.37. The van der Waals surface area contributed by atoms with E-state index in [0.717, 1.165) is 19.6 Å². The number of aromatic nitrogens is 1. The molecule has 0 saturated carbocycles. The van der Waals surface area contributed by atoms with E-state index in [1.54, 1.807) is 11.7 Å². The third-order valence-corrected chi connectivity index (χ3v) is 4.09. The lowest BCUT2D eigenvalue weighted by molar-refractivity contribution is 0.0639. The lowest BCUT2D eigenvalue weighted by atomic mass is 10.0. The predicted molar refractivity (Wildman–Crippen MR) is 75.2 cm³/mol. The number of benzene rings is 1. The van der Waals surface area contributed by atoms with Crippen molar-refractivity contribution in [2.24, 2.45) is 0 Å². The van der Waals surface area contributed by atoms with E-state index in [4.69, 9.17) is 0 Å². The van der Waals surface area contributed by atoms with Gasteiger partial charge in [0.1, 0.15) is 4.88 Å². The summed E-state index contributed by atoms with van der Waals surface area (Å²) < 4.78 is 0. The number of hydrogen-bond donors (Lipinski definition) is 1. The van der Waals surface area contributed by atoms with Crippen molar-refractivity contribution in [3.8, 4) is 0 Å². The summed E-state index contributed by atoms with van der Waals surface area (Å²) >= 11 is 1.40. The molecule has 98 valence electrons. The van der Waals surface area contributed by atoms with Crippen molar-refractivity contribution < 1.29 is 4.79 Å². The summed E-state index contributed by atoms with van der Waals surface area (Å²) in [5.41, 5.74) is 2.88. The fourth-order valence-corrected chi connectivity index (χ4v) is 2.96. The second kappa shape index (κ2) is 5.50. The van der Waals surface area contributed by atoms with Crippen molar-refractivity contribution in [3.63, 3.8) is 0 Å². The first kappa shape index (κ1) is 12.3. The van der Waals surface area contributed by atoms with Crippen LogP contribution >= 0.6 is 11.3 Å². The monoisotopic (exact) mass is 273 g/mol. The maximum atomic E-state index is 12.5. The fourth-order valence-electron chi connectivity index (χ4n) is 2.38. The topological polar surface area (TPSA) is 45.2 Å². The predicted octanol–water partition coefficient (Wildman–Crippen LogP) is 1.93. The third-order valence-electron chi connectivity index (χ3n) is 3.33. The van der Waals surface area contributed by atoms with Crippen LogP contribution in [0.15, 0.2) is 42.0 Å². The first-order chi connectivity index (χ1) is 9.36. The van der Waals surface area contributed by atoms with Crippen LogP contribution in [0.5, 0.6) is 0 Å². The smallest absolute Gasteiger partial charge is 0.266 e. The molecular formula is C14H15N3OS. The number of piperazine rings is 1. The van der Waals surface area contributed by atoms with E-state index in [-0.39, 0.29) is 11.9 Å². The molecule has 4 nitrogen and oxygen atoms in total. The lowest BCUT2D eigenvalue weighted by Crippen LogP contribution is -2.48. The highest BCUT2D eigenvalue weighted by Gasteiger charge is 2.28. The minimum Gasteiger partial charge on any atom is -0.328 e. The van der Waals surface area contributed by atoms with E-state index in [0.29, 0.717) is 4.88 Å². The third kappa shape index (κ3) is 2.52. The molecule has 0 aliphatic carbocycles. The highest BCUT2D eigenvalue weighted by atomic mass is 32.1. The molecule has 1 N–H and O–H groups in total. The molecule has 1 saturated heterocycles. The van der Waals surface area contributed by atoms with E-state index in [2.05, 4.69) is 22.4 Å². The highest BCUT2D eigenvalue weighted by Crippen LogP contribution is 2.24. The number of nitrogens with zero attached hydrogens (tertiary/aromatic N) is 2. The Morgan fingerprint density at radius 1 is 1.37 bits per heavy atom. The minimum atomic E-state index is 0.0813. The van der Waals surface area contributed by atoms with Crippen molar-refractivity contribution in [3.05, 3.63) is 52.5 Å². The minimum absolute atomic E-state index is 0.0813. The molecule has 1 atom stereocenters. The summed E-state index contributed by atoms with van der Waals surface area (Å²) in [6, 6.07) is 10.3. The van der Waals surface area contributed by atoms with Crippen LogP contribution in [0.3, 0.4) is 0 Å². The van der Waals surface area contributed by atoms with Gasteiger partial charge in [-0.05, 0) is 5.56 Å².